The summed E-state index contributed by atoms with van der Waals surface area (Å²) in [6.07, 6.45) is 2.21. The highest BCUT2D eigenvalue weighted by atomic mass is 16.5. The van der Waals surface area contributed by atoms with Crippen LogP contribution in [0.4, 0.5) is 5.82 Å². The molecule has 5 nitrogen and oxygen atoms in total. The number of hydrogen-bond acceptors (Lipinski definition) is 5. The first-order chi connectivity index (χ1) is 10.2. The van der Waals surface area contributed by atoms with Crippen LogP contribution in [-0.2, 0) is 4.74 Å². The minimum atomic E-state index is -0.384. The third-order valence-electron chi connectivity index (χ3n) is 3.40. The van der Waals surface area contributed by atoms with Crippen molar-refractivity contribution < 1.29 is 9.53 Å². The normalized spacial score (nSPS) is 14.6. The van der Waals surface area contributed by atoms with E-state index in [0.29, 0.717) is 35.2 Å². The monoisotopic (exact) mass is 303 g/mol. The maximum Gasteiger partial charge on any atom is 0.338 e. The van der Waals surface area contributed by atoms with E-state index in [9.17, 15) is 4.79 Å². The Bertz CT molecular complexity index is 599. The van der Waals surface area contributed by atoms with Gasteiger partial charge < -0.3 is 15.5 Å². The van der Waals surface area contributed by atoms with E-state index in [2.05, 4.69) is 10.3 Å². The summed E-state index contributed by atoms with van der Waals surface area (Å²) in [6.45, 7) is 9.87. The molecule has 0 aromatic carbocycles. The molecular formula is C17H25N3O2. The Hall–Kier alpha value is -1.91. The molecule has 1 fully saturated rings. The van der Waals surface area contributed by atoms with Crippen LogP contribution in [0.1, 0.15) is 75.0 Å². The van der Waals surface area contributed by atoms with Crippen molar-refractivity contribution in [3.63, 3.8) is 0 Å². The number of pyridine rings is 1. The van der Waals surface area contributed by atoms with Gasteiger partial charge in [0, 0.05) is 22.9 Å². The number of ether oxygens (including phenoxy) is 1. The van der Waals surface area contributed by atoms with Crippen molar-refractivity contribution in [3.8, 4) is 0 Å². The van der Waals surface area contributed by atoms with Gasteiger partial charge >= 0.3 is 5.97 Å². The number of nitrogens with one attached hydrogen (secondary N) is 2. The molecule has 1 saturated carbocycles. The fourth-order valence-electron chi connectivity index (χ4n) is 2.35. The van der Waals surface area contributed by atoms with Gasteiger partial charge in [0.2, 0.25) is 0 Å². The molecule has 0 spiro atoms. The first-order valence-electron chi connectivity index (χ1n) is 7.78. The molecule has 1 aromatic rings. The van der Waals surface area contributed by atoms with E-state index < -0.39 is 0 Å². The molecule has 0 amide bonds. The maximum atomic E-state index is 12.3. The second kappa shape index (κ2) is 6.07. The minimum Gasteiger partial charge on any atom is -0.462 e. The van der Waals surface area contributed by atoms with Crippen LogP contribution in [0.5, 0.6) is 0 Å². The third-order valence-corrected chi connectivity index (χ3v) is 3.40. The second-order valence-electron chi connectivity index (χ2n) is 6.81. The predicted molar refractivity (Wildman–Crippen MR) is 88.0 cm³/mol. The zero-order valence-corrected chi connectivity index (χ0v) is 14.0. The molecule has 0 bridgehead atoms. The third kappa shape index (κ3) is 3.84. The molecule has 0 saturated heterocycles. The summed E-state index contributed by atoms with van der Waals surface area (Å²) in [5.74, 6) is 0.645. The smallest absolute Gasteiger partial charge is 0.338 e. The number of hydrogen-bond donors (Lipinski definition) is 2. The van der Waals surface area contributed by atoms with Crippen molar-refractivity contribution >= 4 is 17.5 Å². The Morgan fingerprint density at radius 2 is 2.09 bits per heavy atom. The van der Waals surface area contributed by atoms with E-state index in [1.807, 2.05) is 20.8 Å². The average molecular weight is 303 g/mol. The van der Waals surface area contributed by atoms with Crippen molar-refractivity contribution in [2.24, 2.45) is 0 Å². The van der Waals surface area contributed by atoms with Gasteiger partial charge in [-0.3, -0.25) is 0 Å². The molecule has 0 atom stereocenters. The van der Waals surface area contributed by atoms with Crippen LogP contribution in [0.25, 0.3) is 0 Å². The van der Waals surface area contributed by atoms with Gasteiger partial charge in [0.15, 0.2) is 0 Å². The number of aromatic nitrogens is 1. The molecule has 0 aliphatic heterocycles. The van der Waals surface area contributed by atoms with Gasteiger partial charge in [-0.1, -0.05) is 0 Å². The lowest BCUT2D eigenvalue weighted by molar-refractivity contribution is 0.0526. The van der Waals surface area contributed by atoms with Gasteiger partial charge in [-0.25, -0.2) is 9.78 Å². The van der Waals surface area contributed by atoms with Crippen molar-refractivity contribution in [2.45, 2.75) is 58.9 Å². The van der Waals surface area contributed by atoms with E-state index in [4.69, 9.17) is 10.1 Å². The van der Waals surface area contributed by atoms with Crippen LogP contribution < -0.4 is 5.32 Å². The van der Waals surface area contributed by atoms with Crippen LogP contribution in [0.3, 0.4) is 0 Å². The van der Waals surface area contributed by atoms with Crippen LogP contribution in [-0.4, -0.2) is 28.8 Å². The molecule has 1 aromatic heterocycles. The molecule has 1 heterocycles. The van der Waals surface area contributed by atoms with Gasteiger partial charge in [-0.05, 0) is 53.5 Å². The zero-order valence-electron chi connectivity index (χ0n) is 14.0. The summed E-state index contributed by atoms with van der Waals surface area (Å²) in [5.41, 5.74) is 2.01. The number of carbonyl (C=O) groups is 1. The molecule has 1 aliphatic carbocycles. The van der Waals surface area contributed by atoms with Crippen molar-refractivity contribution in [1.29, 1.82) is 5.41 Å². The topological polar surface area (TPSA) is 75.1 Å². The first kappa shape index (κ1) is 16.5. The predicted octanol–water partition coefficient (Wildman–Crippen LogP) is 3.73. The fourth-order valence-corrected chi connectivity index (χ4v) is 2.35. The van der Waals surface area contributed by atoms with E-state index in [1.165, 1.54) is 0 Å². The molecule has 2 rings (SSSR count). The quantitative estimate of drug-likeness (QED) is 0.642. The average Bonchev–Trinajstić information content (AvgIpc) is 3.19. The molecule has 2 N–H and O–H groups in total. The van der Waals surface area contributed by atoms with Gasteiger partial charge in [0.1, 0.15) is 5.82 Å². The lowest BCUT2D eigenvalue weighted by Gasteiger charge is -2.24. The van der Waals surface area contributed by atoms with Crippen molar-refractivity contribution in [2.75, 3.05) is 11.9 Å². The molecule has 5 heteroatoms. The Kier molecular flexibility index (Phi) is 4.54. The Morgan fingerprint density at radius 1 is 1.45 bits per heavy atom. The largest absolute Gasteiger partial charge is 0.462 e. The van der Waals surface area contributed by atoms with Crippen molar-refractivity contribution in [1.82, 2.24) is 4.98 Å². The number of nitrogens with zero attached hydrogens (tertiary/aromatic N) is 1. The van der Waals surface area contributed by atoms with Crippen LogP contribution in [0.15, 0.2) is 6.07 Å². The molecule has 22 heavy (non-hydrogen) atoms. The Morgan fingerprint density at radius 3 is 2.55 bits per heavy atom. The number of esters is 1. The van der Waals surface area contributed by atoms with Gasteiger partial charge in [0.25, 0.3) is 0 Å². The SMILES string of the molecule is CCOC(=O)c1cc(C2CC2)nc(NC(C)(C)C)c1C(C)=N. The molecule has 0 unspecified atom stereocenters. The summed E-state index contributed by atoms with van der Waals surface area (Å²) in [7, 11) is 0. The highest BCUT2D eigenvalue weighted by Crippen LogP contribution is 2.40. The van der Waals surface area contributed by atoms with Crippen LogP contribution in [0.2, 0.25) is 0 Å². The molecule has 1 aliphatic rings. The standard InChI is InChI=1S/C17H25N3O2/c1-6-22-16(21)12-9-13(11-7-8-11)19-15(14(12)10(2)18)20-17(3,4)5/h9,11,18H,6-8H2,1-5H3,(H,19,20). The summed E-state index contributed by atoms with van der Waals surface area (Å²) in [6, 6.07) is 1.80. The number of anilines is 1. The van der Waals surface area contributed by atoms with E-state index in [0.717, 1.165) is 18.5 Å². The number of carbonyl (C=O) groups excluding carboxylic acids is 1. The van der Waals surface area contributed by atoms with Gasteiger partial charge in [0.05, 0.1) is 17.7 Å². The van der Waals surface area contributed by atoms with Gasteiger partial charge in [-0.2, -0.15) is 0 Å². The van der Waals surface area contributed by atoms with E-state index >= 15 is 0 Å². The number of rotatable bonds is 5. The lowest BCUT2D eigenvalue weighted by Crippen LogP contribution is -2.29. The molecule has 0 radical (unpaired) electrons. The summed E-state index contributed by atoms with van der Waals surface area (Å²) in [4.78, 5) is 17.0. The Labute approximate surface area is 132 Å². The summed E-state index contributed by atoms with van der Waals surface area (Å²) >= 11 is 0. The Balaban J connectivity index is 2.58. The second-order valence-corrected chi connectivity index (χ2v) is 6.81. The van der Waals surface area contributed by atoms with Crippen LogP contribution >= 0.6 is 0 Å². The van der Waals surface area contributed by atoms with Gasteiger partial charge in [-0.15, -0.1) is 0 Å². The van der Waals surface area contributed by atoms with E-state index in [-0.39, 0.29) is 11.5 Å². The first-order valence-corrected chi connectivity index (χ1v) is 7.78. The van der Waals surface area contributed by atoms with E-state index in [1.54, 1.807) is 19.9 Å². The summed E-state index contributed by atoms with van der Waals surface area (Å²) in [5, 5.41) is 11.4. The molecular weight excluding hydrogens is 278 g/mol. The highest BCUT2D eigenvalue weighted by Gasteiger charge is 2.30. The minimum absolute atomic E-state index is 0.203. The maximum absolute atomic E-state index is 12.3. The summed E-state index contributed by atoms with van der Waals surface area (Å²) < 4.78 is 5.17. The molecule has 120 valence electrons. The zero-order chi connectivity index (χ0) is 16.5. The van der Waals surface area contributed by atoms with Crippen LogP contribution in [0, 0.1) is 5.41 Å². The lowest BCUT2D eigenvalue weighted by atomic mass is 10.0. The highest BCUT2D eigenvalue weighted by molar-refractivity contribution is 6.09. The van der Waals surface area contributed by atoms with Crippen molar-refractivity contribution in [3.05, 3.63) is 22.9 Å². The fraction of sp³-hybridized carbons (Fsp3) is 0.588.